The van der Waals surface area contributed by atoms with E-state index in [0.29, 0.717) is 18.3 Å². The van der Waals surface area contributed by atoms with Crippen LogP contribution in [-0.4, -0.2) is 65.1 Å². The van der Waals surface area contributed by atoms with Crippen LogP contribution in [0.25, 0.3) is 11.4 Å². The molecule has 0 atom stereocenters. The van der Waals surface area contributed by atoms with Crippen molar-refractivity contribution < 1.29 is 9.32 Å². The minimum absolute atomic E-state index is 0.0535. The molecule has 0 unspecified atom stereocenters. The summed E-state index contributed by atoms with van der Waals surface area (Å²) in [6.45, 7) is 9.27. The number of hydrogen-bond donors (Lipinski definition) is 1. The lowest BCUT2D eigenvalue weighted by atomic mass is 10.1. The maximum absolute atomic E-state index is 12.5. The van der Waals surface area contributed by atoms with Crippen molar-refractivity contribution in [1.82, 2.24) is 19.9 Å². The molecule has 0 radical (unpaired) electrons. The van der Waals surface area contributed by atoms with E-state index >= 15 is 0 Å². The summed E-state index contributed by atoms with van der Waals surface area (Å²) in [5.74, 6) is 1.39. The molecule has 32 heavy (non-hydrogen) atoms. The molecule has 1 N–H and O–H groups in total. The predicted octanol–water partition coefficient (Wildman–Crippen LogP) is 3.54. The molecular formula is C25H31N5O2. The van der Waals surface area contributed by atoms with E-state index in [2.05, 4.69) is 38.2 Å². The standard InChI is InChI=1S/C25H31N5O2/c1-19-8-6-11-22(20(19)2)26-23(31)18-30-16-14-29(15-17-30)13-7-12-24-27-25(28-32-24)21-9-4-3-5-10-21/h3-6,8-11H,7,12-18H2,1-2H3,(H,26,31). The summed E-state index contributed by atoms with van der Waals surface area (Å²) < 4.78 is 5.40. The topological polar surface area (TPSA) is 74.5 Å². The summed E-state index contributed by atoms with van der Waals surface area (Å²) in [6, 6.07) is 15.9. The lowest BCUT2D eigenvalue weighted by Gasteiger charge is -2.34. The van der Waals surface area contributed by atoms with Gasteiger partial charge in [0, 0.05) is 43.9 Å². The third-order valence-electron chi connectivity index (χ3n) is 6.08. The maximum atomic E-state index is 12.5. The van der Waals surface area contributed by atoms with E-state index in [0.717, 1.165) is 62.4 Å². The van der Waals surface area contributed by atoms with Crippen LogP contribution in [-0.2, 0) is 11.2 Å². The second-order valence-corrected chi connectivity index (χ2v) is 8.39. The first-order valence-corrected chi connectivity index (χ1v) is 11.3. The van der Waals surface area contributed by atoms with Gasteiger partial charge >= 0.3 is 0 Å². The van der Waals surface area contributed by atoms with Gasteiger partial charge in [-0.1, -0.05) is 47.6 Å². The molecule has 2 heterocycles. The molecule has 1 aliphatic rings. The smallest absolute Gasteiger partial charge is 0.238 e. The fourth-order valence-electron chi connectivity index (χ4n) is 3.97. The van der Waals surface area contributed by atoms with Crippen LogP contribution >= 0.6 is 0 Å². The zero-order valence-electron chi connectivity index (χ0n) is 18.9. The Bertz CT molecular complexity index is 1030. The molecular weight excluding hydrogens is 402 g/mol. The Hall–Kier alpha value is -3.03. The molecule has 7 nitrogen and oxygen atoms in total. The van der Waals surface area contributed by atoms with Gasteiger partial charge in [-0.3, -0.25) is 9.69 Å². The van der Waals surface area contributed by atoms with Gasteiger partial charge in [0.1, 0.15) is 0 Å². The molecule has 7 heteroatoms. The molecule has 1 saturated heterocycles. The van der Waals surface area contributed by atoms with Crippen LogP contribution in [0.1, 0.15) is 23.4 Å². The fourth-order valence-corrected chi connectivity index (χ4v) is 3.97. The Kier molecular flexibility index (Phi) is 7.29. The van der Waals surface area contributed by atoms with Crippen LogP contribution < -0.4 is 5.32 Å². The summed E-state index contributed by atoms with van der Waals surface area (Å²) in [5.41, 5.74) is 4.20. The molecule has 3 aromatic rings. The average molecular weight is 434 g/mol. The highest BCUT2D eigenvalue weighted by molar-refractivity contribution is 5.93. The number of aromatic nitrogens is 2. The molecule has 1 aliphatic heterocycles. The molecule has 1 fully saturated rings. The molecule has 4 rings (SSSR count). The molecule has 0 aliphatic carbocycles. The first-order chi connectivity index (χ1) is 15.6. The van der Waals surface area contributed by atoms with Gasteiger partial charge in [0.05, 0.1) is 6.54 Å². The number of hydrogen-bond acceptors (Lipinski definition) is 6. The maximum Gasteiger partial charge on any atom is 0.238 e. The lowest BCUT2D eigenvalue weighted by molar-refractivity contribution is -0.117. The highest BCUT2D eigenvalue weighted by atomic mass is 16.5. The Morgan fingerprint density at radius 2 is 1.75 bits per heavy atom. The van der Waals surface area contributed by atoms with E-state index in [1.807, 2.05) is 49.4 Å². The molecule has 0 bridgehead atoms. The molecule has 0 saturated carbocycles. The summed E-state index contributed by atoms with van der Waals surface area (Å²) >= 11 is 0. The van der Waals surface area contributed by atoms with Crippen molar-refractivity contribution in [2.24, 2.45) is 0 Å². The van der Waals surface area contributed by atoms with E-state index in [4.69, 9.17) is 4.52 Å². The first-order valence-electron chi connectivity index (χ1n) is 11.3. The third-order valence-corrected chi connectivity index (χ3v) is 6.08. The third kappa shape index (κ3) is 5.81. The van der Waals surface area contributed by atoms with Gasteiger partial charge in [-0.05, 0) is 44.0 Å². The number of nitrogens with one attached hydrogen (secondary N) is 1. The SMILES string of the molecule is Cc1cccc(NC(=O)CN2CCN(CCCc3nc(-c4ccccc4)no3)CC2)c1C. The van der Waals surface area contributed by atoms with Crippen molar-refractivity contribution in [3.05, 3.63) is 65.5 Å². The number of aryl methyl sites for hydroxylation is 2. The fraction of sp³-hybridized carbons (Fsp3) is 0.400. The minimum atomic E-state index is 0.0535. The van der Waals surface area contributed by atoms with E-state index in [1.165, 1.54) is 5.56 Å². The van der Waals surface area contributed by atoms with Gasteiger partial charge in [0.2, 0.25) is 17.6 Å². The minimum Gasteiger partial charge on any atom is -0.339 e. The van der Waals surface area contributed by atoms with Gasteiger partial charge in [-0.15, -0.1) is 0 Å². The van der Waals surface area contributed by atoms with Crippen molar-refractivity contribution >= 4 is 11.6 Å². The molecule has 168 valence electrons. The Morgan fingerprint density at radius 3 is 2.53 bits per heavy atom. The van der Waals surface area contributed by atoms with Crippen molar-refractivity contribution in [3.8, 4) is 11.4 Å². The van der Waals surface area contributed by atoms with E-state index in [1.54, 1.807) is 0 Å². The number of carbonyl (C=O) groups is 1. The number of benzene rings is 2. The number of nitrogens with zero attached hydrogens (tertiary/aromatic N) is 4. The summed E-state index contributed by atoms with van der Waals surface area (Å²) in [6.07, 6.45) is 1.75. The van der Waals surface area contributed by atoms with Crippen molar-refractivity contribution in [2.45, 2.75) is 26.7 Å². The average Bonchev–Trinajstić information content (AvgIpc) is 3.28. The molecule has 0 spiro atoms. The van der Waals surface area contributed by atoms with E-state index in [-0.39, 0.29) is 5.91 Å². The quantitative estimate of drug-likeness (QED) is 0.586. The number of amides is 1. The molecule has 1 aromatic heterocycles. The zero-order chi connectivity index (χ0) is 22.3. The van der Waals surface area contributed by atoms with Crippen LogP contribution in [0.15, 0.2) is 53.1 Å². The normalized spacial score (nSPS) is 15.1. The van der Waals surface area contributed by atoms with Gasteiger partial charge in [-0.2, -0.15) is 4.98 Å². The van der Waals surface area contributed by atoms with Crippen molar-refractivity contribution in [1.29, 1.82) is 0 Å². The van der Waals surface area contributed by atoms with Crippen LogP contribution in [0.5, 0.6) is 0 Å². The number of anilines is 1. The van der Waals surface area contributed by atoms with Crippen LogP contribution in [0.4, 0.5) is 5.69 Å². The van der Waals surface area contributed by atoms with E-state index < -0.39 is 0 Å². The Labute approximate surface area is 189 Å². The lowest BCUT2D eigenvalue weighted by Crippen LogP contribution is -2.48. The van der Waals surface area contributed by atoms with Crippen molar-refractivity contribution in [2.75, 3.05) is 44.6 Å². The molecule has 1 amide bonds. The van der Waals surface area contributed by atoms with Crippen LogP contribution in [0.2, 0.25) is 0 Å². The second kappa shape index (κ2) is 10.5. The number of piperazine rings is 1. The highest BCUT2D eigenvalue weighted by Gasteiger charge is 2.19. The highest BCUT2D eigenvalue weighted by Crippen LogP contribution is 2.18. The largest absolute Gasteiger partial charge is 0.339 e. The van der Waals surface area contributed by atoms with Crippen molar-refractivity contribution in [3.63, 3.8) is 0 Å². The molecule has 2 aromatic carbocycles. The Balaban J connectivity index is 1.16. The first kappa shape index (κ1) is 22.2. The van der Waals surface area contributed by atoms with Gasteiger partial charge in [-0.25, -0.2) is 0 Å². The second-order valence-electron chi connectivity index (χ2n) is 8.39. The summed E-state index contributed by atoms with van der Waals surface area (Å²) in [4.78, 5) is 21.6. The number of carbonyl (C=O) groups excluding carboxylic acids is 1. The predicted molar refractivity (Wildman–Crippen MR) is 125 cm³/mol. The van der Waals surface area contributed by atoms with E-state index in [9.17, 15) is 4.79 Å². The van der Waals surface area contributed by atoms with Gasteiger partial charge in [0.25, 0.3) is 0 Å². The van der Waals surface area contributed by atoms with Crippen LogP contribution in [0.3, 0.4) is 0 Å². The zero-order valence-corrected chi connectivity index (χ0v) is 18.9. The summed E-state index contributed by atoms with van der Waals surface area (Å²) in [5, 5.41) is 7.14. The monoisotopic (exact) mass is 433 g/mol. The van der Waals surface area contributed by atoms with Gasteiger partial charge in [0.15, 0.2) is 0 Å². The van der Waals surface area contributed by atoms with Gasteiger partial charge < -0.3 is 14.7 Å². The Morgan fingerprint density at radius 1 is 1.00 bits per heavy atom. The van der Waals surface area contributed by atoms with Crippen LogP contribution in [0, 0.1) is 13.8 Å². The summed E-state index contributed by atoms with van der Waals surface area (Å²) in [7, 11) is 0. The number of rotatable bonds is 8.